The van der Waals surface area contributed by atoms with Crippen LogP contribution in [0.25, 0.3) is 0 Å². The van der Waals surface area contributed by atoms with Gasteiger partial charge in [-0.1, -0.05) is 18.2 Å². The van der Waals surface area contributed by atoms with E-state index in [0.717, 1.165) is 17.7 Å². The minimum atomic E-state index is -2.93. The van der Waals surface area contributed by atoms with Gasteiger partial charge in [0.15, 0.2) is 9.84 Å². The molecular formula is C14H20N2O3S. The normalized spacial score (nSPS) is 21.1. The molecular weight excluding hydrogens is 276 g/mol. The van der Waals surface area contributed by atoms with Gasteiger partial charge in [-0.15, -0.1) is 0 Å². The summed E-state index contributed by atoms with van der Waals surface area (Å²) in [4.78, 5) is 11.5. The molecule has 6 heteroatoms. The zero-order valence-corrected chi connectivity index (χ0v) is 12.4. The van der Waals surface area contributed by atoms with E-state index in [-0.39, 0.29) is 23.5 Å². The highest BCUT2D eigenvalue weighted by Crippen LogP contribution is 2.21. The summed E-state index contributed by atoms with van der Waals surface area (Å²) in [5, 5.41) is 5.87. The summed E-state index contributed by atoms with van der Waals surface area (Å²) in [6.45, 7) is 0. The van der Waals surface area contributed by atoms with Crippen molar-refractivity contribution in [3.8, 4) is 0 Å². The van der Waals surface area contributed by atoms with E-state index in [1.807, 2.05) is 24.3 Å². The first-order valence-electron chi connectivity index (χ1n) is 6.75. The van der Waals surface area contributed by atoms with Gasteiger partial charge in [0.25, 0.3) is 0 Å². The first kappa shape index (κ1) is 14.8. The molecule has 1 aliphatic rings. The van der Waals surface area contributed by atoms with Crippen molar-refractivity contribution < 1.29 is 13.2 Å². The van der Waals surface area contributed by atoms with Gasteiger partial charge in [-0.05, 0) is 24.5 Å². The zero-order chi connectivity index (χ0) is 14.6. The number of carbonyl (C=O) groups excluding carboxylic acids is 1. The van der Waals surface area contributed by atoms with Crippen LogP contribution in [-0.2, 0) is 21.1 Å². The molecule has 1 fully saturated rings. The fraction of sp³-hybridized carbons (Fsp3) is 0.500. The lowest BCUT2D eigenvalue weighted by atomic mass is 10.1. The predicted octanol–water partition coefficient (Wildman–Crippen LogP) is 0.964. The summed E-state index contributed by atoms with van der Waals surface area (Å²) in [6, 6.07) is 7.46. The largest absolute Gasteiger partial charge is 0.381 e. The fourth-order valence-electron chi connectivity index (χ4n) is 2.43. The van der Waals surface area contributed by atoms with Crippen molar-refractivity contribution in [2.45, 2.75) is 25.3 Å². The third kappa shape index (κ3) is 3.96. The summed E-state index contributed by atoms with van der Waals surface area (Å²) in [7, 11) is -1.33. The molecule has 1 aliphatic heterocycles. The lowest BCUT2D eigenvalue weighted by Crippen LogP contribution is -2.35. The second-order valence-electron chi connectivity index (χ2n) is 5.10. The summed E-state index contributed by atoms with van der Waals surface area (Å²) in [5.74, 6) is 0.391. The van der Waals surface area contributed by atoms with E-state index in [1.54, 1.807) is 7.05 Å². The van der Waals surface area contributed by atoms with Gasteiger partial charge in [0.2, 0.25) is 5.91 Å². The Labute approximate surface area is 119 Å². The molecule has 1 saturated heterocycles. The van der Waals surface area contributed by atoms with E-state index < -0.39 is 9.84 Å². The Hall–Kier alpha value is -1.56. The molecule has 0 saturated carbocycles. The Bertz CT molecular complexity index is 584. The second kappa shape index (κ2) is 6.26. The molecule has 5 nitrogen and oxygen atoms in total. The molecule has 2 N–H and O–H groups in total. The van der Waals surface area contributed by atoms with Crippen molar-refractivity contribution in [1.29, 1.82) is 0 Å². The maximum atomic E-state index is 11.7. The molecule has 110 valence electrons. The Balaban J connectivity index is 2.11. The van der Waals surface area contributed by atoms with E-state index in [9.17, 15) is 13.2 Å². The van der Waals surface area contributed by atoms with Gasteiger partial charge in [-0.3, -0.25) is 4.79 Å². The Kier molecular flexibility index (Phi) is 4.65. The van der Waals surface area contributed by atoms with Gasteiger partial charge in [0.1, 0.15) is 0 Å². The van der Waals surface area contributed by atoms with Crippen molar-refractivity contribution in [3.05, 3.63) is 29.8 Å². The van der Waals surface area contributed by atoms with Crippen LogP contribution in [0.1, 0.15) is 18.4 Å². The van der Waals surface area contributed by atoms with E-state index in [4.69, 9.17) is 0 Å². The van der Waals surface area contributed by atoms with Gasteiger partial charge < -0.3 is 10.6 Å². The SMILES string of the molecule is CNC(=O)Cc1ccccc1NC1CCCS(=O)(=O)C1. The number of nitrogens with one attached hydrogen (secondary N) is 2. The van der Waals surface area contributed by atoms with Crippen molar-refractivity contribution in [1.82, 2.24) is 5.32 Å². The number of hydrogen-bond acceptors (Lipinski definition) is 4. The third-order valence-electron chi connectivity index (χ3n) is 3.47. The van der Waals surface area contributed by atoms with Gasteiger partial charge in [0.05, 0.1) is 17.9 Å². The highest BCUT2D eigenvalue weighted by atomic mass is 32.2. The molecule has 0 bridgehead atoms. The number of anilines is 1. The molecule has 2 rings (SSSR count). The molecule has 0 aliphatic carbocycles. The number of likely N-dealkylation sites (N-methyl/N-ethyl adjacent to an activating group) is 1. The number of sulfone groups is 1. The van der Waals surface area contributed by atoms with Crippen molar-refractivity contribution >= 4 is 21.4 Å². The summed E-state index contributed by atoms with van der Waals surface area (Å²) >= 11 is 0. The molecule has 1 aromatic carbocycles. The van der Waals surface area contributed by atoms with Crippen LogP contribution in [0.2, 0.25) is 0 Å². The molecule has 0 radical (unpaired) electrons. The van der Waals surface area contributed by atoms with Gasteiger partial charge in [-0.2, -0.15) is 0 Å². The highest BCUT2D eigenvalue weighted by molar-refractivity contribution is 7.91. The first-order chi connectivity index (χ1) is 9.50. The van der Waals surface area contributed by atoms with Gasteiger partial charge in [0, 0.05) is 18.8 Å². The smallest absolute Gasteiger partial charge is 0.224 e. The van der Waals surface area contributed by atoms with Crippen LogP contribution in [0.5, 0.6) is 0 Å². The minimum absolute atomic E-state index is 0.0597. The number of hydrogen-bond donors (Lipinski definition) is 2. The van der Waals surface area contributed by atoms with Crippen LogP contribution in [0, 0.1) is 0 Å². The fourth-order valence-corrected chi connectivity index (χ4v) is 4.07. The molecule has 1 unspecified atom stereocenters. The van der Waals surface area contributed by atoms with E-state index in [1.165, 1.54) is 0 Å². The summed E-state index contributed by atoms with van der Waals surface area (Å²) in [6.07, 6.45) is 1.82. The predicted molar refractivity (Wildman–Crippen MR) is 79.5 cm³/mol. The number of benzene rings is 1. The monoisotopic (exact) mass is 296 g/mol. The topological polar surface area (TPSA) is 75.3 Å². The number of carbonyl (C=O) groups is 1. The van der Waals surface area contributed by atoms with E-state index >= 15 is 0 Å². The third-order valence-corrected chi connectivity index (χ3v) is 5.29. The molecule has 20 heavy (non-hydrogen) atoms. The van der Waals surface area contributed by atoms with E-state index in [0.29, 0.717) is 12.8 Å². The lowest BCUT2D eigenvalue weighted by molar-refractivity contribution is -0.119. The lowest BCUT2D eigenvalue weighted by Gasteiger charge is -2.25. The summed E-state index contributed by atoms with van der Waals surface area (Å²) < 4.78 is 23.3. The molecule has 1 aromatic rings. The Morgan fingerprint density at radius 3 is 2.80 bits per heavy atom. The first-order valence-corrected chi connectivity index (χ1v) is 8.58. The van der Waals surface area contributed by atoms with E-state index in [2.05, 4.69) is 10.6 Å². The van der Waals surface area contributed by atoms with Crippen LogP contribution in [0.3, 0.4) is 0 Å². The minimum Gasteiger partial charge on any atom is -0.381 e. The molecule has 1 atom stereocenters. The van der Waals surface area contributed by atoms with Crippen LogP contribution < -0.4 is 10.6 Å². The number of rotatable bonds is 4. The number of amides is 1. The Morgan fingerprint density at radius 1 is 1.35 bits per heavy atom. The van der Waals surface area contributed by atoms with Crippen molar-refractivity contribution in [2.24, 2.45) is 0 Å². The van der Waals surface area contributed by atoms with Crippen LogP contribution >= 0.6 is 0 Å². The van der Waals surface area contributed by atoms with Crippen LogP contribution in [0.4, 0.5) is 5.69 Å². The molecule has 0 spiro atoms. The molecule has 1 heterocycles. The second-order valence-corrected chi connectivity index (χ2v) is 7.33. The maximum absolute atomic E-state index is 11.7. The van der Waals surface area contributed by atoms with Crippen LogP contribution in [0.15, 0.2) is 24.3 Å². The maximum Gasteiger partial charge on any atom is 0.224 e. The molecule has 1 amide bonds. The van der Waals surface area contributed by atoms with Crippen molar-refractivity contribution in [3.63, 3.8) is 0 Å². The van der Waals surface area contributed by atoms with Crippen molar-refractivity contribution in [2.75, 3.05) is 23.9 Å². The standard InChI is InChI=1S/C14H20N2O3S/c1-15-14(17)9-11-5-2-3-7-13(11)16-12-6-4-8-20(18,19)10-12/h2-3,5,7,12,16H,4,6,8-10H2,1H3,(H,15,17). The van der Waals surface area contributed by atoms with Crippen LogP contribution in [-0.4, -0.2) is 38.9 Å². The average molecular weight is 296 g/mol. The van der Waals surface area contributed by atoms with Gasteiger partial charge in [-0.25, -0.2) is 8.42 Å². The summed E-state index contributed by atoms with van der Waals surface area (Å²) in [5.41, 5.74) is 1.73. The number of para-hydroxylation sites is 1. The highest BCUT2D eigenvalue weighted by Gasteiger charge is 2.25. The zero-order valence-electron chi connectivity index (χ0n) is 11.6. The molecule has 0 aromatic heterocycles. The quantitative estimate of drug-likeness (QED) is 0.868. The Morgan fingerprint density at radius 2 is 2.10 bits per heavy atom. The average Bonchev–Trinajstić information content (AvgIpc) is 2.39. The van der Waals surface area contributed by atoms with Gasteiger partial charge >= 0.3 is 0 Å².